The quantitative estimate of drug-likeness (QED) is 0.726. The Bertz CT molecular complexity index is 864. The van der Waals surface area contributed by atoms with E-state index in [0.29, 0.717) is 18.1 Å². The number of H-pyrrole nitrogens is 1. The van der Waals surface area contributed by atoms with Crippen LogP contribution in [0.15, 0.2) is 16.9 Å². The third-order valence-corrected chi connectivity index (χ3v) is 5.70. The molecule has 0 amide bonds. The summed E-state index contributed by atoms with van der Waals surface area (Å²) in [4.78, 5) is 36.1. The topological polar surface area (TPSA) is 83.5 Å². The molecule has 8 nitrogen and oxygen atoms in total. The maximum absolute atomic E-state index is 12.5. The van der Waals surface area contributed by atoms with E-state index in [-0.39, 0.29) is 17.6 Å². The van der Waals surface area contributed by atoms with Gasteiger partial charge in [0.1, 0.15) is 5.82 Å². The highest BCUT2D eigenvalue weighted by Crippen LogP contribution is 2.31. The summed E-state index contributed by atoms with van der Waals surface area (Å²) in [6.07, 6.45) is 3.48. The van der Waals surface area contributed by atoms with Crippen LogP contribution in [0.4, 0.5) is 5.82 Å². The van der Waals surface area contributed by atoms with Crippen molar-refractivity contribution in [3.05, 3.63) is 22.6 Å². The lowest BCUT2D eigenvalue weighted by Gasteiger charge is -2.27. The van der Waals surface area contributed by atoms with Crippen LogP contribution in [0.5, 0.6) is 0 Å². The van der Waals surface area contributed by atoms with Crippen LogP contribution in [-0.2, 0) is 16.1 Å². The lowest BCUT2D eigenvalue weighted by atomic mass is 9.82. The zero-order valence-corrected chi connectivity index (χ0v) is 17.3. The van der Waals surface area contributed by atoms with Crippen molar-refractivity contribution in [2.24, 2.45) is 11.8 Å². The fourth-order valence-electron chi connectivity index (χ4n) is 3.87. The number of hydrogen-bond donors (Lipinski definition) is 1. The van der Waals surface area contributed by atoms with Gasteiger partial charge in [-0.3, -0.25) is 9.36 Å². The number of nitrogens with one attached hydrogen (secondary N) is 1. The van der Waals surface area contributed by atoms with Crippen LogP contribution >= 0.6 is 0 Å². The number of aromatic amines is 1. The number of aromatic nitrogens is 3. The number of likely N-dealkylation sites (N-methyl/N-ethyl adjacent to an activating group) is 2. The van der Waals surface area contributed by atoms with E-state index in [2.05, 4.69) is 14.8 Å². The van der Waals surface area contributed by atoms with Crippen molar-refractivity contribution in [3.63, 3.8) is 0 Å². The number of carbonyl (C=O) groups excluding carboxylic acids is 1. The van der Waals surface area contributed by atoms with Gasteiger partial charge in [-0.05, 0) is 57.8 Å². The van der Waals surface area contributed by atoms with Crippen LogP contribution in [0.25, 0.3) is 11.2 Å². The normalized spacial score (nSPS) is 19.9. The number of carbonyl (C=O) groups is 1. The van der Waals surface area contributed by atoms with Crippen LogP contribution in [-0.4, -0.2) is 66.7 Å². The van der Waals surface area contributed by atoms with Gasteiger partial charge in [0.05, 0.1) is 18.5 Å². The van der Waals surface area contributed by atoms with E-state index in [0.717, 1.165) is 50.1 Å². The highest BCUT2D eigenvalue weighted by Gasteiger charge is 2.27. The van der Waals surface area contributed by atoms with Crippen molar-refractivity contribution in [3.8, 4) is 0 Å². The minimum atomic E-state index is -0.120. The summed E-state index contributed by atoms with van der Waals surface area (Å²) in [5.41, 5.74) is 1.35. The molecule has 0 atom stereocenters. The molecule has 154 valence electrons. The predicted molar refractivity (Wildman–Crippen MR) is 110 cm³/mol. The highest BCUT2D eigenvalue weighted by molar-refractivity contribution is 5.73. The minimum Gasteiger partial charge on any atom is -0.469 e. The average molecular weight is 390 g/mol. The van der Waals surface area contributed by atoms with Crippen molar-refractivity contribution >= 4 is 23.0 Å². The van der Waals surface area contributed by atoms with E-state index in [1.807, 2.05) is 33.3 Å². The Hall–Kier alpha value is -2.35. The second kappa shape index (κ2) is 8.77. The molecule has 0 aromatic carbocycles. The number of methoxy groups -OCH3 is 1. The zero-order chi connectivity index (χ0) is 20.3. The molecule has 0 aliphatic heterocycles. The van der Waals surface area contributed by atoms with Crippen molar-refractivity contribution < 1.29 is 9.53 Å². The number of hydrogen-bond acceptors (Lipinski definition) is 6. The Morgan fingerprint density at radius 1 is 1.21 bits per heavy atom. The maximum Gasteiger partial charge on any atom is 0.327 e. The summed E-state index contributed by atoms with van der Waals surface area (Å²) in [7, 11) is 7.55. The number of fused-ring (bicyclic) bond motifs is 1. The van der Waals surface area contributed by atoms with Gasteiger partial charge in [-0.2, -0.15) is 0 Å². The maximum atomic E-state index is 12.5. The summed E-state index contributed by atoms with van der Waals surface area (Å²) in [6.45, 7) is 2.42. The van der Waals surface area contributed by atoms with Gasteiger partial charge < -0.3 is 19.5 Å². The van der Waals surface area contributed by atoms with Crippen molar-refractivity contribution in [1.82, 2.24) is 19.4 Å². The van der Waals surface area contributed by atoms with E-state index in [9.17, 15) is 9.59 Å². The standard InChI is InChI=1S/C20H31N5O3/c1-23(2)11-12-24(3)17-10-9-16-18(22-17)25(20(27)21-16)13-14-5-7-15(8-6-14)19(26)28-4/h9-10,14-15H,5-8,11-13H2,1-4H3,(H,21,27)/t14-,15-. The van der Waals surface area contributed by atoms with Crippen molar-refractivity contribution in [2.75, 3.05) is 46.2 Å². The molecule has 0 saturated heterocycles. The molecule has 2 heterocycles. The summed E-state index contributed by atoms with van der Waals surface area (Å²) in [5.74, 6) is 1.11. The molecule has 1 saturated carbocycles. The summed E-state index contributed by atoms with van der Waals surface area (Å²) < 4.78 is 6.61. The Labute approximate surface area is 165 Å². The molecule has 8 heteroatoms. The van der Waals surface area contributed by atoms with Crippen LogP contribution in [0.2, 0.25) is 0 Å². The van der Waals surface area contributed by atoms with E-state index < -0.39 is 0 Å². The Kier molecular flexibility index (Phi) is 6.39. The van der Waals surface area contributed by atoms with Gasteiger partial charge in [0, 0.05) is 26.7 Å². The summed E-state index contributed by atoms with van der Waals surface area (Å²) in [6, 6.07) is 3.87. The SMILES string of the molecule is COC(=O)[C@H]1CC[C@H](Cn2c(=O)[nH]c3ccc(N(C)CCN(C)C)nc32)CC1. The number of esters is 1. The van der Waals surface area contributed by atoms with E-state index in [1.54, 1.807) is 4.57 Å². The largest absolute Gasteiger partial charge is 0.469 e. The Morgan fingerprint density at radius 3 is 2.57 bits per heavy atom. The number of ether oxygens (including phenoxy) is 1. The van der Waals surface area contributed by atoms with Gasteiger partial charge in [0.15, 0.2) is 5.65 Å². The Balaban J connectivity index is 1.74. The molecule has 1 aliphatic rings. The Morgan fingerprint density at radius 2 is 1.93 bits per heavy atom. The smallest absolute Gasteiger partial charge is 0.327 e. The van der Waals surface area contributed by atoms with Gasteiger partial charge in [-0.1, -0.05) is 0 Å². The molecular formula is C20H31N5O3. The number of imidazole rings is 1. The van der Waals surface area contributed by atoms with Crippen LogP contribution < -0.4 is 10.6 Å². The van der Waals surface area contributed by atoms with Crippen LogP contribution in [0.1, 0.15) is 25.7 Å². The fourth-order valence-corrected chi connectivity index (χ4v) is 3.87. The minimum absolute atomic E-state index is 0.00369. The fraction of sp³-hybridized carbons (Fsp3) is 0.650. The predicted octanol–water partition coefficient (Wildman–Crippen LogP) is 1.70. The van der Waals surface area contributed by atoms with E-state index >= 15 is 0 Å². The van der Waals surface area contributed by atoms with Crippen LogP contribution in [0.3, 0.4) is 0 Å². The number of pyridine rings is 1. The average Bonchev–Trinajstić information content (AvgIpc) is 3.00. The first-order chi connectivity index (χ1) is 13.4. The molecule has 28 heavy (non-hydrogen) atoms. The molecule has 0 spiro atoms. The van der Waals surface area contributed by atoms with Gasteiger partial charge >= 0.3 is 11.7 Å². The molecule has 2 aromatic rings. The van der Waals surface area contributed by atoms with E-state index in [4.69, 9.17) is 9.72 Å². The number of rotatable bonds is 7. The monoisotopic (exact) mass is 389 g/mol. The third kappa shape index (κ3) is 4.55. The second-order valence-electron chi connectivity index (χ2n) is 8.05. The molecule has 0 radical (unpaired) electrons. The highest BCUT2D eigenvalue weighted by atomic mass is 16.5. The van der Waals surface area contributed by atoms with Gasteiger partial charge in [0.25, 0.3) is 0 Å². The molecule has 2 aromatic heterocycles. The molecule has 3 rings (SSSR count). The van der Waals surface area contributed by atoms with Gasteiger partial charge in [0.2, 0.25) is 0 Å². The molecule has 0 unspecified atom stereocenters. The first-order valence-corrected chi connectivity index (χ1v) is 9.92. The lowest BCUT2D eigenvalue weighted by Crippen LogP contribution is -2.29. The second-order valence-corrected chi connectivity index (χ2v) is 8.05. The molecule has 1 aliphatic carbocycles. The molecular weight excluding hydrogens is 358 g/mol. The molecule has 1 fully saturated rings. The molecule has 0 bridgehead atoms. The number of anilines is 1. The van der Waals surface area contributed by atoms with Crippen molar-refractivity contribution in [2.45, 2.75) is 32.2 Å². The van der Waals surface area contributed by atoms with Gasteiger partial charge in [-0.25, -0.2) is 9.78 Å². The first kappa shape index (κ1) is 20.4. The van der Waals surface area contributed by atoms with Crippen LogP contribution in [0, 0.1) is 11.8 Å². The third-order valence-electron chi connectivity index (χ3n) is 5.70. The zero-order valence-electron chi connectivity index (χ0n) is 17.3. The summed E-state index contributed by atoms with van der Waals surface area (Å²) in [5, 5.41) is 0. The van der Waals surface area contributed by atoms with E-state index in [1.165, 1.54) is 7.11 Å². The van der Waals surface area contributed by atoms with Crippen molar-refractivity contribution in [1.29, 1.82) is 0 Å². The first-order valence-electron chi connectivity index (χ1n) is 9.92. The van der Waals surface area contributed by atoms with Gasteiger partial charge in [-0.15, -0.1) is 0 Å². The lowest BCUT2D eigenvalue weighted by molar-refractivity contribution is -0.146. The molecule has 1 N–H and O–H groups in total. The summed E-state index contributed by atoms with van der Waals surface area (Å²) >= 11 is 0. The number of nitrogens with zero attached hydrogens (tertiary/aromatic N) is 4.